The molecule has 1 heterocycles. The summed E-state index contributed by atoms with van der Waals surface area (Å²) >= 11 is 0. The van der Waals surface area contributed by atoms with Gasteiger partial charge in [0.2, 0.25) is 0 Å². The topological polar surface area (TPSA) is 29.5 Å². The first-order chi connectivity index (χ1) is 5.65. The largest absolute Gasteiger partial charge is 0.364 e. The van der Waals surface area contributed by atoms with Crippen molar-refractivity contribution in [2.45, 2.75) is 33.5 Å². The van der Waals surface area contributed by atoms with E-state index in [0.29, 0.717) is 18.4 Å². The minimum Gasteiger partial charge on any atom is -0.364 e. The maximum atomic E-state index is 9.46. The first kappa shape index (κ1) is 9.75. The molecule has 0 aromatic heterocycles. The van der Waals surface area contributed by atoms with Crippen molar-refractivity contribution >= 4 is 0 Å². The van der Waals surface area contributed by atoms with Gasteiger partial charge >= 0.3 is 0 Å². The minimum absolute atomic E-state index is 0.384. The lowest BCUT2D eigenvalue weighted by molar-refractivity contribution is -0.0942. The van der Waals surface area contributed by atoms with Gasteiger partial charge in [0.25, 0.3) is 0 Å². The molecule has 1 N–H and O–H groups in total. The summed E-state index contributed by atoms with van der Waals surface area (Å²) in [4.78, 5) is 0. The average Bonchev–Trinajstić information content (AvgIpc) is 2.05. The molecule has 0 saturated heterocycles. The quantitative estimate of drug-likeness (QED) is 0.642. The Kier molecular flexibility index (Phi) is 3.29. The van der Waals surface area contributed by atoms with Crippen LogP contribution in [0.5, 0.6) is 0 Å². The van der Waals surface area contributed by atoms with Crippen molar-refractivity contribution in [2.24, 2.45) is 11.8 Å². The van der Waals surface area contributed by atoms with Gasteiger partial charge in [0, 0.05) is 5.92 Å². The summed E-state index contributed by atoms with van der Waals surface area (Å²) in [7, 11) is 0. The molecule has 0 fully saturated rings. The van der Waals surface area contributed by atoms with E-state index in [0.717, 1.165) is 12.0 Å². The molecule has 1 aliphatic rings. The van der Waals surface area contributed by atoms with Crippen LogP contribution in [0.1, 0.15) is 27.2 Å². The Balaban J connectivity index is 2.70. The molecule has 0 aromatic rings. The molecule has 2 heteroatoms. The van der Waals surface area contributed by atoms with E-state index in [1.807, 2.05) is 0 Å². The van der Waals surface area contributed by atoms with Crippen LogP contribution in [-0.2, 0) is 4.74 Å². The van der Waals surface area contributed by atoms with Gasteiger partial charge in [0.05, 0.1) is 6.61 Å². The van der Waals surface area contributed by atoms with Gasteiger partial charge in [-0.25, -0.2) is 0 Å². The molecule has 12 heavy (non-hydrogen) atoms. The Labute approximate surface area is 74.2 Å². The zero-order valence-electron chi connectivity index (χ0n) is 8.08. The summed E-state index contributed by atoms with van der Waals surface area (Å²) in [5.41, 5.74) is 1.04. The van der Waals surface area contributed by atoms with Crippen LogP contribution in [0.25, 0.3) is 0 Å². The second-order valence-electron chi connectivity index (χ2n) is 3.68. The zero-order valence-corrected chi connectivity index (χ0v) is 8.08. The highest BCUT2D eigenvalue weighted by Crippen LogP contribution is 2.24. The predicted octanol–water partition coefficient (Wildman–Crippen LogP) is 1.94. The van der Waals surface area contributed by atoms with Crippen LogP contribution in [0.15, 0.2) is 11.6 Å². The predicted molar refractivity (Wildman–Crippen MR) is 48.7 cm³/mol. The van der Waals surface area contributed by atoms with Crippen molar-refractivity contribution in [3.8, 4) is 0 Å². The molecule has 0 aromatic carbocycles. The van der Waals surface area contributed by atoms with Gasteiger partial charge in [-0.3, -0.25) is 0 Å². The number of ether oxygens (including phenoxy) is 1. The molecular formula is C10H18O2. The SMILES string of the molecule is CCC1C=C(C(C)C)C(O)OC1. The third-order valence-corrected chi connectivity index (χ3v) is 2.37. The van der Waals surface area contributed by atoms with Crippen LogP contribution < -0.4 is 0 Å². The Hall–Kier alpha value is -0.340. The molecule has 0 aliphatic carbocycles. The Morgan fingerprint density at radius 2 is 2.33 bits per heavy atom. The van der Waals surface area contributed by atoms with Crippen LogP contribution in [0, 0.1) is 11.8 Å². The van der Waals surface area contributed by atoms with Gasteiger partial charge in [0.15, 0.2) is 6.29 Å². The fourth-order valence-electron chi connectivity index (χ4n) is 1.43. The first-order valence-electron chi connectivity index (χ1n) is 4.66. The third-order valence-electron chi connectivity index (χ3n) is 2.37. The van der Waals surface area contributed by atoms with Gasteiger partial charge in [-0.15, -0.1) is 0 Å². The molecule has 1 rings (SSSR count). The van der Waals surface area contributed by atoms with E-state index in [2.05, 4.69) is 26.8 Å². The standard InChI is InChI=1S/C10H18O2/c1-4-8-5-9(7(2)3)10(11)12-6-8/h5,7-8,10-11H,4,6H2,1-3H3. The Morgan fingerprint density at radius 3 is 2.83 bits per heavy atom. The maximum Gasteiger partial charge on any atom is 0.177 e. The molecule has 0 saturated carbocycles. The molecule has 0 spiro atoms. The lowest BCUT2D eigenvalue weighted by Gasteiger charge is -2.27. The average molecular weight is 170 g/mol. The normalized spacial score (nSPS) is 30.6. The molecule has 1 aliphatic heterocycles. The van der Waals surface area contributed by atoms with Crippen molar-refractivity contribution in [3.05, 3.63) is 11.6 Å². The fourth-order valence-corrected chi connectivity index (χ4v) is 1.43. The van der Waals surface area contributed by atoms with Crippen LogP contribution >= 0.6 is 0 Å². The number of aliphatic hydroxyl groups excluding tert-OH is 1. The van der Waals surface area contributed by atoms with Crippen LogP contribution in [0.3, 0.4) is 0 Å². The molecule has 2 unspecified atom stereocenters. The van der Waals surface area contributed by atoms with Crippen LogP contribution in [-0.4, -0.2) is 18.0 Å². The lowest BCUT2D eigenvalue weighted by Crippen LogP contribution is -2.27. The van der Waals surface area contributed by atoms with Crippen molar-refractivity contribution in [3.63, 3.8) is 0 Å². The van der Waals surface area contributed by atoms with Gasteiger partial charge in [-0.1, -0.05) is 26.8 Å². The summed E-state index contributed by atoms with van der Waals surface area (Å²) in [6.45, 7) is 6.96. The van der Waals surface area contributed by atoms with E-state index >= 15 is 0 Å². The van der Waals surface area contributed by atoms with E-state index in [1.165, 1.54) is 0 Å². The van der Waals surface area contributed by atoms with Crippen molar-refractivity contribution < 1.29 is 9.84 Å². The highest BCUT2D eigenvalue weighted by Gasteiger charge is 2.22. The van der Waals surface area contributed by atoms with Gasteiger partial charge in [-0.05, 0) is 17.9 Å². The van der Waals surface area contributed by atoms with Crippen molar-refractivity contribution in [1.29, 1.82) is 0 Å². The van der Waals surface area contributed by atoms with E-state index < -0.39 is 6.29 Å². The van der Waals surface area contributed by atoms with Crippen molar-refractivity contribution in [1.82, 2.24) is 0 Å². The molecule has 0 amide bonds. The minimum atomic E-state index is -0.659. The highest BCUT2D eigenvalue weighted by atomic mass is 16.6. The molecule has 0 bridgehead atoms. The summed E-state index contributed by atoms with van der Waals surface area (Å²) in [5, 5.41) is 9.46. The number of hydrogen-bond donors (Lipinski definition) is 1. The third kappa shape index (κ3) is 2.08. The van der Waals surface area contributed by atoms with Gasteiger partial charge < -0.3 is 9.84 Å². The van der Waals surface area contributed by atoms with E-state index in [-0.39, 0.29) is 0 Å². The number of hydrogen-bond acceptors (Lipinski definition) is 2. The van der Waals surface area contributed by atoms with E-state index in [9.17, 15) is 5.11 Å². The second-order valence-corrected chi connectivity index (χ2v) is 3.68. The summed E-state index contributed by atoms with van der Waals surface area (Å²) in [6.07, 6.45) is 2.59. The highest BCUT2D eigenvalue weighted by molar-refractivity contribution is 5.12. The van der Waals surface area contributed by atoms with Crippen LogP contribution in [0.2, 0.25) is 0 Å². The Morgan fingerprint density at radius 1 is 1.67 bits per heavy atom. The fraction of sp³-hybridized carbons (Fsp3) is 0.800. The summed E-state index contributed by atoms with van der Waals surface area (Å²) in [6, 6.07) is 0. The number of aliphatic hydroxyl groups is 1. The summed E-state index contributed by atoms with van der Waals surface area (Å²) in [5.74, 6) is 0.875. The molecule has 70 valence electrons. The molecule has 2 atom stereocenters. The maximum absolute atomic E-state index is 9.46. The first-order valence-corrected chi connectivity index (χ1v) is 4.66. The van der Waals surface area contributed by atoms with E-state index in [1.54, 1.807) is 0 Å². The zero-order chi connectivity index (χ0) is 9.14. The molecule has 0 radical (unpaired) electrons. The van der Waals surface area contributed by atoms with Gasteiger partial charge in [0.1, 0.15) is 0 Å². The second kappa shape index (κ2) is 4.06. The van der Waals surface area contributed by atoms with Gasteiger partial charge in [-0.2, -0.15) is 0 Å². The number of rotatable bonds is 2. The van der Waals surface area contributed by atoms with Crippen LogP contribution in [0.4, 0.5) is 0 Å². The smallest absolute Gasteiger partial charge is 0.177 e. The van der Waals surface area contributed by atoms with E-state index in [4.69, 9.17) is 4.74 Å². The monoisotopic (exact) mass is 170 g/mol. The molecular weight excluding hydrogens is 152 g/mol. The summed E-state index contributed by atoms with van der Waals surface area (Å²) < 4.78 is 5.24. The lowest BCUT2D eigenvalue weighted by atomic mass is 9.94. The Bertz CT molecular complexity index is 173. The molecule has 2 nitrogen and oxygen atoms in total. The van der Waals surface area contributed by atoms with Crippen molar-refractivity contribution in [2.75, 3.05) is 6.61 Å².